The average Bonchev–Trinajstić information content (AvgIpc) is 3.02. The Bertz CT molecular complexity index is 482. The lowest BCUT2D eigenvalue weighted by molar-refractivity contribution is -0.537. The molecule has 1 fully saturated rings. The molecule has 7 nitrogen and oxygen atoms in total. The first-order valence-corrected chi connectivity index (χ1v) is 9.55. The van der Waals surface area contributed by atoms with Crippen molar-refractivity contribution in [2.45, 2.75) is 22.3 Å². The third-order valence-corrected chi connectivity index (χ3v) is 7.57. The van der Waals surface area contributed by atoms with Gasteiger partial charge in [-0.25, -0.2) is 0 Å². The number of rotatable bonds is 8. The average molecular weight is 425 g/mol. The quantitative estimate of drug-likeness (QED) is 0.149. The number of nitro groups is 1. The molecule has 2 bridgehead atoms. The molecule has 0 N–H and O–H groups in total. The molecule has 2 heterocycles. The summed E-state index contributed by atoms with van der Waals surface area (Å²) >= 11 is 14.2. The van der Waals surface area contributed by atoms with E-state index in [4.69, 9.17) is 37.0 Å². The topological polar surface area (TPSA) is 87.9 Å². The molecule has 0 unspecified atom stereocenters. The molecule has 21 heavy (non-hydrogen) atoms. The standard InChI is InChI=1S/C10H13BrCl2NO6P/c11-10(14(15)16)8-2-1-7(20-8)9(10)21(17,18-5-3-12)19-6-4-13/h1-2,7-9H,3-6H2/t7-,8+,9-,10-/m1/s1. The Morgan fingerprint density at radius 2 is 1.90 bits per heavy atom. The summed E-state index contributed by atoms with van der Waals surface area (Å²) in [5, 5.41) is 11.5. The maximum absolute atomic E-state index is 13.0. The number of hydrogen-bond donors (Lipinski definition) is 0. The largest absolute Gasteiger partial charge is 0.357 e. The number of hydrogen-bond acceptors (Lipinski definition) is 6. The molecule has 0 aromatic heterocycles. The highest BCUT2D eigenvalue weighted by Gasteiger charge is 2.72. The van der Waals surface area contributed by atoms with E-state index in [1.807, 2.05) is 0 Å². The number of alkyl halides is 3. The first kappa shape index (κ1) is 17.7. The molecule has 0 aromatic rings. The maximum Gasteiger partial charge on any atom is 0.345 e. The van der Waals surface area contributed by atoms with E-state index >= 15 is 0 Å². The van der Waals surface area contributed by atoms with Gasteiger partial charge in [0.2, 0.25) is 0 Å². The molecule has 2 aliphatic heterocycles. The number of nitrogens with zero attached hydrogens (tertiary/aromatic N) is 1. The van der Waals surface area contributed by atoms with E-state index in [0.29, 0.717) is 0 Å². The summed E-state index contributed by atoms with van der Waals surface area (Å²) in [6.07, 6.45) is 1.62. The summed E-state index contributed by atoms with van der Waals surface area (Å²) < 4.78 is 27.3. The Hall–Kier alpha value is 0.310. The molecule has 0 amide bonds. The van der Waals surface area contributed by atoms with E-state index in [2.05, 4.69) is 15.9 Å². The second kappa shape index (κ2) is 6.83. The maximum atomic E-state index is 13.0. The fourth-order valence-corrected chi connectivity index (χ4v) is 6.36. The first-order valence-electron chi connectivity index (χ1n) is 6.08. The third-order valence-electron chi connectivity index (χ3n) is 3.22. The van der Waals surface area contributed by atoms with Gasteiger partial charge in [0.15, 0.2) is 11.8 Å². The van der Waals surface area contributed by atoms with Crippen LogP contribution in [0.4, 0.5) is 0 Å². The molecule has 1 saturated heterocycles. The summed E-state index contributed by atoms with van der Waals surface area (Å²) in [7, 11) is -3.85. The van der Waals surface area contributed by atoms with Crippen LogP contribution in [0.3, 0.4) is 0 Å². The highest BCUT2D eigenvalue weighted by atomic mass is 79.9. The molecular formula is C10H13BrCl2NO6P. The highest BCUT2D eigenvalue weighted by molar-refractivity contribution is 9.10. The minimum absolute atomic E-state index is 0.0560. The minimum Gasteiger partial charge on any atom is -0.357 e. The molecule has 0 spiro atoms. The van der Waals surface area contributed by atoms with Crippen molar-refractivity contribution in [2.75, 3.05) is 25.0 Å². The summed E-state index contributed by atoms with van der Waals surface area (Å²) in [5.74, 6) is 0.166. The first-order chi connectivity index (χ1) is 9.90. The lowest BCUT2D eigenvalue weighted by Gasteiger charge is -2.31. The van der Waals surface area contributed by atoms with Crippen molar-refractivity contribution in [1.82, 2.24) is 0 Å². The molecule has 2 rings (SSSR count). The van der Waals surface area contributed by atoms with Gasteiger partial charge in [0.25, 0.3) is 0 Å². The molecular weight excluding hydrogens is 412 g/mol. The van der Waals surface area contributed by atoms with Crippen LogP contribution >= 0.6 is 46.7 Å². The second-order valence-corrected chi connectivity index (χ2v) is 8.60. The van der Waals surface area contributed by atoms with Gasteiger partial charge in [-0.15, -0.1) is 23.2 Å². The van der Waals surface area contributed by atoms with Crippen LogP contribution in [0.1, 0.15) is 0 Å². The fourth-order valence-electron chi connectivity index (χ4n) is 2.41. The Kier molecular flexibility index (Phi) is 5.74. The van der Waals surface area contributed by atoms with Gasteiger partial charge >= 0.3 is 12.0 Å². The van der Waals surface area contributed by atoms with E-state index in [1.165, 1.54) is 0 Å². The molecule has 120 valence electrons. The van der Waals surface area contributed by atoms with Crippen molar-refractivity contribution >= 4 is 46.7 Å². The van der Waals surface area contributed by atoms with Crippen molar-refractivity contribution < 1.29 is 23.3 Å². The number of ether oxygens (including phenoxy) is 1. The summed E-state index contributed by atoms with van der Waals surface area (Å²) in [6, 6.07) is 0. The Balaban J connectivity index is 2.35. The van der Waals surface area contributed by atoms with Gasteiger partial charge in [0.1, 0.15) is 0 Å². The van der Waals surface area contributed by atoms with E-state index in [-0.39, 0.29) is 25.0 Å². The van der Waals surface area contributed by atoms with Crippen molar-refractivity contribution in [2.24, 2.45) is 0 Å². The Morgan fingerprint density at radius 3 is 2.38 bits per heavy atom. The zero-order valence-electron chi connectivity index (χ0n) is 10.7. The molecule has 4 atom stereocenters. The summed E-state index contributed by atoms with van der Waals surface area (Å²) in [6.45, 7) is -0.112. The lowest BCUT2D eigenvalue weighted by Crippen LogP contribution is -2.50. The van der Waals surface area contributed by atoms with Gasteiger partial charge in [-0.05, 0) is 6.08 Å². The van der Waals surface area contributed by atoms with Gasteiger partial charge in [0, 0.05) is 32.6 Å². The predicted molar refractivity (Wildman–Crippen MR) is 81.2 cm³/mol. The van der Waals surface area contributed by atoms with Gasteiger partial charge in [0.05, 0.1) is 19.3 Å². The highest BCUT2D eigenvalue weighted by Crippen LogP contribution is 2.65. The van der Waals surface area contributed by atoms with Crippen LogP contribution in [0.5, 0.6) is 0 Å². The van der Waals surface area contributed by atoms with E-state index in [1.54, 1.807) is 12.2 Å². The van der Waals surface area contributed by atoms with Crippen LogP contribution < -0.4 is 0 Å². The molecule has 0 aliphatic carbocycles. The normalized spacial score (nSPS) is 34.5. The summed E-state index contributed by atoms with van der Waals surface area (Å²) in [5.41, 5.74) is -1.11. The van der Waals surface area contributed by atoms with Crippen LogP contribution in [-0.4, -0.2) is 52.2 Å². The lowest BCUT2D eigenvalue weighted by atomic mass is 10.0. The van der Waals surface area contributed by atoms with Crippen LogP contribution in [0.15, 0.2) is 12.2 Å². The Labute approximate surface area is 139 Å². The molecule has 11 heteroatoms. The van der Waals surface area contributed by atoms with Crippen molar-refractivity contribution in [3.05, 3.63) is 22.3 Å². The molecule has 0 saturated carbocycles. The van der Waals surface area contributed by atoms with Gasteiger partial charge in [-0.3, -0.25) is 14.7 Å². The zero-order chi connectivity index (χ0) is 15.7. The minimum atomic E-state index is -3.85. The van der Waals surface area contributed by atoms with Crippen LogP contribution in [-0.2, 0) is 18.3 Å². The SMILES string of the molecule is O=[N+]([O-])[C@]1(Br)[C@@H]2C=C[C@@H](O2)[C@H]1P(=O)(OCCCl)OCCCl. The van der Waals surface area contributed by atoms with Crippen LogP contribution in [0.2, 0.25) is 0 Å². The zero-order valence-corrected chi connectivity index (χ0v) is 14.7. The molecule has 0 radical (unpaired) electrons. The summed E-state index contributed by atoms with van der Waals surface area (Å²) in [4.78, 5) is 10.9. The number of halogens is 3. The fraction of sp³-hybridized carbons (Fsp3) is 0.800. The van der Waals surface area contributed by atoms with Gasteiger partial charge in [-0.2, -0.15) is 0 Å². The predicted octanol–water partition coefficient (Wildman–Crippen LogP) is 2.76. The third kappa shape index (κ3) is 3.04. The van der Waals surface area contributed by atoms with Gasteiger partial charge < -0.3 is 13.8 Å². The van der Waals surface area contributed by atoms with E-state index in [0.717, 1.165) is 0 Å². The van der Waals surface area contributed by atoms with Gasteiger partial charge in [-0.1, -0.05) is 6.08 Å². The molecule has 0 aromatic carbocycles. The van der Waals surface area contributed by atoms with Crippen molar-refractivity contribution in [3.63, 3.8) is 0 Å². The molecule has 2 aliphatic rings. The monoisotopic (exact) mass is 423 g/mol. The van der Waals surface area contributed by atoms with E-state index < -0.39 is 34.8 Å². The van der Waals surface area contributed by atoms with Crippen molar-refractivity contribution in [1.29, 1.82) is 0 Å². The second-order valence-electron chi connectivity index (χ2n) is 4.42. The smallest absolute Gasteiger partial charge is 0.345 e. The van der Waals surface area contributed by atoms with Crippen LogP contribution in [0, 0.1) is 10.1 Å². The Morgan fingerprint density at radius 1 is 1.33 bits per heavy atom. The number of fused-ring (bicyclic) bond motifs is 2. The van der Waals surface area contributed by atoms with Crippen molar-refractivity contribution in [3.8, 4) is 0 Å². The van der Waals surface area contributed by atoms with Crippen LogP contribution in [0.25, 0.3) is 0 Å². The van der Waals surface area contributed by atoms with E-state index in [9.17, 15) is 14.7 Å².